The molecule has 0 amide bonds. The molecule has 0 spiro atoms. The third kappa shape index (κ3) is 5.17. The van der Waals surface area contributed by atoms with Gasteiger partial charge in [-0.2, -0.15) is 0 Å². The predicted octanol–water partition coefficient (Wildman–Crippen LogP) is 13.5. The highest BCUT2D eigenvalue weighted by molar-refractivity contribution is 7.99. The fourth-order valence-electron chi connectivity index (χ4n) is 7.62. The van der Waals surface area contributed by atoms with E-state index in [-0.39, 0.29) is 0 Å². The monoisotopic (exact) mass is 680 g/mol. The molecule has 3 heterocycles. The van der Waals surface area contributed by atoms with Gasteiger partial charge in [-0.1, -0.05) is 169 Å². The molecule has 10 rings (SSSR count). The lowest BCUT2D eigenvalue weighted by Crippen LogP contribution is -1.99. The van der Waals surface area contributed by atoms with Gasteiger partial charge in [0.1, 0.15) is 0 Å². The molecule has 1 aliphatic heterocycles. The van der Waals surface area contributed by atoms with Crippen molar-refractivity contribution in [3.05, 3.63) is 194 Å². The van der Waals surface area contributed by atoms with Crippen molar-refractivity contribution in [3.63, 3.8) is 0 Å². The maximum atomic E-state index is 5.22. The van der Waals surface area contributed by atoms with Crippen molar-refractivity contribution in [2.75, 3.05) is 0 Å². The van der Waals surface area contributed by atoms with Gasteiger partial charge in [0.25, 0.3) is 0 Å². The average Bonchev–Trinajstić information content (AvgIpc) is 3.49. The first-order valence-corrected chi connectivity index (χ1v) is 18.4. The fraction of sp³-hybridized carbons (Fsp3) is 0. The first-order chi connectivity index (χ1) is 25.8. The number of aromatic nitrogens is 2. The Hall–Kier alpha value is -6.42. The number of rotatable bonds is 5. The summed E-state index contributed by atoms with van der Waals surface area (Å²) in [6.45, 7) is 0. The second kappa shape index (κ2) is 12.7. The molecular weight excluding hydrogens is 649 g/mol. The molecule has 2 nitrogen and oxygen atoms in total. The molecule has 0 unspecified atom stereocenters. The van der Waals surface area contributed by atoms with E-state index in [0.29, 0.717) is 0 Å². The molecule has 9 aromatic rings. The molecule has 0 fully saturated rings. The summed E-state index contributed by atoms with van der Waals surface area (Å²) in [5.74, 6) is 0. The van der Waals surface area contributed by atoms with Crippen LogP contribution in [0.2, 0.25) is 0 Å². The van der Waals surface area contributed by atoms with Gasteiger partial charge in [-0.05, 0) is 58.7 Å². The first-order valence-electron chi connectivity index (χ1n) is 17.6. The van der Waals surface area contributed by atoms with Gasteiger partial charge in [-0.25, -0.2) is 4.98 Å². The van der Waals surface area contributed by atoms with Crippen LogP contribution < -0.4 is 0 Å². The van der Waals surface area contributed by atoms with Crippen LogP contribution in [0.3, 0.4) is 0 Å². The second-order valence-corrected chi connectivity index (χ2v) is 14.2. The molecule has 0 saturated carbocycles. The van der Waals surface area contributed by atoms with E-state index in [2.05, 4.69) is 199 Å². The third-order valence-corrected chi connectivity index (χ3v) is 11.2. The summed E-state index contributed by atoms with van der Waals surface area (Å²) in [7, 11) is 0. The van der Waals surface area contributed by atoms with E-state index in [1.54, 1.807) is 0 Å². The summed E-state index contributed by atoms with van der Waals surface area (Å²) in [4.78, 5) is 7.75. The summed E-state index contributed by atoms with van der Waals surface area (Å²) in [6, 6.07) is 69.7. The van der Waals surface area contributed by atoms with E-state index in [1.807, 2.05) is 11.8 Å². The molecule has 52 heavy (non-hydrogen) atoms. The van der Waals surface area contributed by atoms with Crippen molar-refractivity contribution < 1.29 is 0 Å². The Bertz CT molecular complexity index is 2670. The van der Waals surface area contributed by atoms with Crippen molar-refractivity contribution in [1.29, 1.82) is 0 Å². The fourth-order valence-corrected chi connectivity index (χ4v) is 8.70. The minimum absolute atomic E-state index is 0.948. The molecule has 7 aromatic carbocycles. The Morgan fingerprint density at radius 2 is 0.904 bits per heavy atom. The highest BCUT2D eigenvalue weighted by Crippen LogP contribution is 2.53. The van der Waals surface area contributed by atoms with Crippen molar-refractivity contribution in [2.24, 2.45) is 0 Å². The van der Waals surface area contributed by atoms with E-state index >= 15 is 0 Å². The smallest absolute Gasteiger partial charge is 0.0715 e. The standard InChI is InChI=1S/C49H32N2S/c1-4-15-33(16-5-1)37-31-43(35-19-8-3-9-20-35)50-44(32-37)36-27-29-38(30-28-36)51-48-39(34-17-6-2-7-18-34)23-14-24-42(48)47-40-21-10-12-25-45(40)52-46-26-13-11-22-41(46)49(47)51/h1-32H. The van der Waals surface area contributed by atoms with E-state index in [9.17, 15) is 0 Å². The molecule has 0 radical (unpaired) electrons. The molecule has 0 saturated heterocycles. The Morgan fingerprint density at radius 1 is 0.385 bits per heavy atom. The summed E-state index contributed by atoms with van der Waals surface area (Å²) < 4.78 is 2.50. The van der Waals surface area contributed by atoms with Crippen molar-refractivity contribution in [1.82, 2.24) is 9.55 Å². The molecule has 0 bridgehead atoms. The summed E-state index contributed by atoms with van der Waals surface area (Å²) in [5.41, 5.74) is 16.1. The molecule has 1 aliphatic rings. The Labute approximate surface area is 307 Å². The van der Waals surface area contributed by atoms with Gasteiger partial charge in [0.05, 0.1) is 22.6 Å². The molecule has 0 aliphatic carbocycles. The van der Waals surface area contributed by atoms with Crippen LogP contribution in [0, 0.1) is 0 Å². The highest BCUT2D eigenvalue weighted by atomic mass is 32.2. The largest absolute Gasteiger partial charge is 0.308 e. The van der Waals surface area contributed by atoms with Gasteiger partial charge >= 0.3 is 0 Å². The number of hydrogen-bond donors (Lipinski definition) is 0. The van der Waals surface area contributed by atoms with E-state index < -0.39 is 0 Å². The normalized spacial score (nSPS) is 11.8. The third-order valence-electron chi connectivity index (χ3n) is 10.0. The Kier molecular flexibility index (Phi) is 7.44. The zero-order chi connectivity index (χ0) is 34.4. The number of fused-ring (bicyclic) bond motifs is 7. The Balaban J connectivity index is 1.22. The molecule has 0 atom stereocenters. The van der Waals surface area contributed by atoms with Crippen molar-refractivity contribution in [2.45, 2.75) is 9.79 Å². The van der Waals surface area contributed by atoms with Gasteiger partial charge in [0.15, 0.2) is 0 Å². The topological polar surface area (TPSA) is 17.8 Å². The number of pyridine rings is 1. The average molecular weight is 681 g/mol. The van der Waals surface area contributed by atoms with Crippen LogP contribution in [0.1, 0.15) is 0 Å². The van der Waals surface area contributed by atoms with Gasteiger partial charge < -0.3 is 4.57 Å². The van der Waals surface area contributed by atoms with Crippen LogP contribution in [-0.2, 0) is 0 Å². The number of benzene rings is 7. The van der Waals surface area contributed by atoms with Gasteiger partial charge in [0.2, 0.25) is 0 Å². The number of nitrogens with zero attached hydrogens (tertiary/aromatic N) is 2. The van der Waals surface area contributed by atoms with E-state index in [0.717, 1.165) is 33.8 Å². The highest BCUT2D eigenvalue weighted by Gasteiger charge is 2.29. The summed E-state index contributed by atoms with van der Waals surface area (Å²) >= 11 is 1.85. The molecule has 2 aromatic heterocycles. The van der Waals surface area contributed by atoms with Crippen LogP contribution in [0.15, 0.2) is 204 Å². The lowest BCUT2D eigenvalue weighted by Gasteiger charge is -2.16. The van der Waals surface area contributed by atoms with Gasteiger partial charge in [0, 0.05) is 48.7 Å². The van der Waals surface area contributed by atoms with Gasteiger partial charge in [-0.15, -0.1) is 0 Å². The zero-order valence-electron chi connectivity index (χ0n) is 28.3. The minimum atomic E-state index is 0.948. The summed E-state index contributed by atoms with van der Waals surface area (Å²) in [6.07, 6.45) is 0. The zero-order valence-corrected chi connectivity index (χ0v) is 29.1. The molecular formula is C49H32N2S. The van der Waals surface area contributed by atoms with Crippen LogP contribution in [0.4, 0.5) is 0 Å². The number of hydrogen-bond acceptors (Lipinski definition) is 2. The minimum Gasteiger partial charge on any atom is -0.308 e. The van der Waals surface area contributed by atoms with Crippen LogP contribution in [-0.4, -0.2) is 9.55 Å². The molecule has 0 N–H and O–H groups in total. The number of para-hydroxylation sites is 1. The maximum Gasteiger partial charge on any atom is 0.0715 e. The lowest BCUT2D eigenvalue weighted by molar-refractivity contribution is 1.13. The first kappa shape index (κ1) is 30.4. The van der Waals surface area contributed by atoms with Crippen LogP contribution in [0.25, 0.3) is 83.7 Å². The molecule has 244 valence electrons. The maximum absolute atomic E-state index is 5.22. The lowest BCUT2D eigenvalue weighted by atomic mass is 9.96. The second-order valence-electron chi connectivity index (χ2n) is 13.1. The van der Waals surface area contributed by atoms with Crippen molar-refractivity contribution >= 4 is 22.7 Å². The Morgan fingerprint density at radius 3 is 1.58 bits per heavy atom. The predicted molar refractivity (Wildman–Crippen MR) is 218 cm³/mol. The summed E-state index contributed by atoms with van der Waals surface area (Å²) in [5, 5.41) is 1.25. The van der Waals surface area contributed by atoms with E-state index in [1.165, 1.54) is 59.8 Å². The molecule has 3 heteroatoms. The SMILES string of the molecule is c1ccc(-c2cc(-c3ccccc3)nc(-c3ccc(-n4c5c(c6cccc(-c7ccccc7)c64)-c4ccccc4Sc4ccccc4-5)cc3)c2)cc1. The van der Waals surface area contributed by atoms with Crippen molar-refractivity contribution in [3.8, 4) is 72.8 Å². The van der Waals surface area contributed by atoms with Gasteiger partial charge in [-0.3, -0.25) is 0 Å². The van der Waals surface area contributed by atoms with Crippen LogP contribution >= 0.6 is 11.8 Å². The van der Waals surface area contributed by atoms with E-state index in [4.69, 9.17) is 4.98 Å². The van der Waals surface area contributed by atoms with Crippen LogP contribution in [0.5, 0.6) is 0 Å². The quantitative estimate of drug-likeness (QED) is 0.180.